The van der Waals surface area contributed by atoms with E-state index in [0.717, 1.165) is 6.42 Å². The van der Waals surface area contributed by atoms with Crippen LogP contribution in [0.15, 0.2) is 24.3 Å². The number of rotatable bonds is 3. The fourth-order valence-electron chi connectivity index (χ4n) is 2.00. The SMILES string of the molecule is NOC1CCN(C(=O)Cc2cccc(F)c2)C1. The highest BCUT2D eigenvalue weighted by Gasteiger charge is 2.26. The van der Waals surface area contributed by atoms with Gasteiger partial charge in [0.1, 0.15) is 5.82 Å². The zero-order valence-electron chi connectivity index (χ0n) is 9.43. The Morgan fingerprint density at radius 3 is 3.06 bits per heavy atom. The third kappa shape index (κ3) is 3.01. The highest BCUT2D eigenvalue weighted by Crippen LogP contribution is 2.13. The molecule has 2 N–H and O–H groups in total. The molecular formula is C12H15FN2O2. The summed E-state index contributed by atoms with van der Waals surface area (Å²) in [4.78, 5) is 18.3. The zero-order chi connectivity index (χ0) is 12.3. The molecule has 1 heterocycles. The summed E-state index contributed by atoms with van der Waals surface area (Å²) in [6.07, 6.45) is 0.895. The van der Waals surface area contributed by atoms with E-state index in [-0.39, 0.29) is 24.2 Å². The van der Waals surface area contributed by atoms with Crippen LogP contribution in [0.4, 0.5) is 4.39 Å². The summed E-state index contributed by atoms with van der Waals surface area (Å²) >= 11 is 0. The van der Waals surface area contributed by atoms with Crippen molar-refractivity contribution in [2.24, 2.45) is 5.90 Å². The lowest BCUT2D eigenvalue weighted by atomic mass is 10.1. The van der Waals surface area contributed by atoms with E-state index in [4.69, 9.17) is 10.7 Å². The molecule has 1 aliphatic rings. The van der Waals surface area contributed by atoms with Crippen molar-refractivity contribution in [3.63, 3.8) is 0 Å². The van der Waals surface area contributed by atoms with Crippen LogP contribution in [0.3, 0.4) is 0 Å². The first-order valence-corrected chi connectivity index (χ1v) is 5.57. The lowest BCUT2D eigenvalue weighted by Gasteiger charge is -2.15. The first-order chi connectivity index (χ1) is 8.19. The minimum atomic E-state index is -0.320. The fraction of sp³-hybridized carbons (Fsp3) is 0.417. The maximum absolute atomic E-state index is 13.0. The lowest BCUT2D eigenvalue weighted by Crippen LogP contribution is -2.32. The number of nitrogens with two attached hydrogens (primary N) is 1. The van der Waals surface area contributed by atoms with Crippen LogP contribution in [-0.2, 0) is 16.1 Å². The van der Waals surface area contributed by atoms with Gasteiger partial charge in [-0.3, -0.25) is 9.63 Å². The second kappa shape index (κ2) is 5.25. The molecule has 1 fully saturated rings. The Labute approximate surface area is 99.1 Å². The molecule has 92 valence electrons. The van der Waals surface area contributed by atoms with Gasteiger partial charge in [-0.2, -0.15) is 0 Å². The summed E-state index contributed by atoms with van der Waals surface area (Å²) in [5.74, 6) is 4.74. The summed E-state index contributed by atoms with van der Waals surface area (Å²) in [6.45, 7) is 1.17. The molecule has 1 amide bonds. The van der Waals surface area contributed by atoms with Gasteiger partial charge in [0.15, 0.2) is 0 Å². The van der Waals surface area contributed by atoms with Gasteiger partial charge in [-0.25, -0.2) is 10.3 Å². The summed E-state index contributed by atoms with van der Waals surface area (Å²) in [5, 5.41) is 0. The maximum atomic E-state index is 13.0. The first-order valence-electron chi connectivity index (χ1n) is 5.57. The average Bonchev–Trinajstić information content (AvgIpc) is 2.77. The van der Waals surface area contributed by atoms with E-state index in [0.29, 0.717) is 18.7 Å². The lowest BCUT2D eigenvalue weighted by molar-refractivity contribution is -0.129. The van der Waals surface area contributed by atoms with Crippen molar-refractivity contribution in [3.8, 4) is 0 Å². The second-order valence-electron chi connectivity index (χ2n) is 4.19. The highest BCUT2D eigenvalue weighted by atomic mass is 19.1. The molecule has 1 saturated heterocycles. The minimum absolute atomic E-state index is 0.0184. The van der Waals surface area contributed by atoms with Crippen LogP contribution in [0.5, 0.6) is 0 Å². The molecule has 0 bridgehead atoms. The molecule has 17 heavy (non-hydrogen) atoms. The number of halogens is 1. The molecule has 2 rings (SSSR count). The van der Waals surface area contributed by atoms with Crippen molar-refractivity contribution >= 4 is 5.91 Å². The van der Waals surface area contributed by atoms with Crippen LogP contribution < -0.4 is 5.90 Å². The van der Waals surface area contributed by atoms with E-state index in [1.54, 1.807) is 17.0 Å². The first kappa shape index (κ1) is 12.0. The molecule has 1 unspecified atom stereocenters. The van der Waals surface area contributed by atoms with Crippen LogP contribution in [0, 0.1) is 5.82 Å². The van der Waals surface area contributed by atoms with Gasteiger partial charge >= 0.3 is 0 Å². The number of hydrogen-bond acceptors (Lipinski definition) is 3. The Morgan fingerprint density at radius 2 is 2.41 bits per heavy atom. The molecule has 0 spiro atoms. The van der Waals surface area contributed by atoms with Gasteiger partial charge in [0.25, 0.3) is 0 Å². The molecule has 1 aliphatic heterocycles. The van der Waals surface area contributed by atoms with Gasteiger partial charge < -0.3 is 4.90 Å². The van der Waals surface area contributed by atoms with Gasteiger partial charge in [0, 0.05) is 13.1 Å². The fourth-order valence-corrected chi connectivity index (χ4v) is 2.00. The monoisotopic (exact) mass is 238 g/mol. The average molecular weight is 238 g/mol. The number of hydrogen-bond donors (Lipinski definition) is 1. The van der Waals surface area contributed by atoms with E-state index in [1.165, 1.54) is 12.1 Å². The van der Waals surface area contributed by atoms with Gasteiger partial charge in [-0.05, 0) is 24.1 Å². The third-order valence-electron chi connectivity index (χ3n) is 2.93. The van der Waals surface area contributed by atoms with E-state index < -0.39 is 0 Å². The minimum Gasteiger partial charge on any atom is -0.340 e. The molecule has 4 nitrogen and oxygen atoms in total. The summed E-state index contributed by atoms with van der Waals surface area (Å²) in [5.41, 5.74) is 0.687. The molecule has 0 aromatic heterocycles. The van der Waals surface area contributed by atoms with E-state index in [9.17, 15) is 9.18 Å². The van der Waals surface area contributed by atoms with Crippen molar-refractivity contribution < 1.29 is 14.0 Å². The topological polar surface area (TPSA) is 55.6 Å². The largest absolute Gasteiger partial charge is 0.340 e. The van der Waals surface area contributed by atoms with Crippen molar-refractivity contribution in [3.05, 3.63) is 35.6 Å². The second-order valence-corrected chi connectivity index (χ2v) is 4.19. The maximum Gasteiger partial charge on any atom is 0.227 e. The predicted octanol–water partition coefficient (Wildman–Crippen LogP) is 0.859. The summed E-state index contributed by atoms with van der Waals surface area (Å²) in [7, 11) is 0. The molecule has 1 aromatic rings. The molecular weight excluding hydrogens is 223 g/mol. The van der Waals surface area contributed by atoms with Gasteiger partial charge in [0.2, 0.25) is 5.91 Å². The van der Waals surface area contributed by atoms with Crippen molar-refractivity contribution in [1.29, 1.82) is 0 Å². The molecule has 1 aromatic carbocycles. The van der Waals surface area contributed by atoms with Crippen LogP contribution in [0.2, 0.25) is 0 Å². The number of carbonyl (C=O) groups excluding carboxylic acids is 1. The number of benzene rings is 1. The van der Waals surface area contributed by atoms with Crippen LogP contribution in [-0.4, -0.2) is 30.0 Å². The highest BCUT2D eigenvalue weighted by molar-refractivity contribution is 5.79. The quantitative estimate of drug-likeness (QED) is 0.795. The number of amides is 1. The molecule has 5 heteroatoms. The Balaban J connectivity index is 1.93. The Kier molecular flexibility index (Phi) is 3.71. The number of carbonyl (C=O) groups is 1. The van der Waals surface area contributed by atoms with Gasteiger partial charge in [-0.15, -0.1) is 0 Å². The Bertz CT molecular complexity index is 411. The smallest absolute Gasteiger partial charge is 0.227 e. The molecule has 0 aliphatic carbocycles. The predicted molar refractivity (Wildman–Crippen MR) is 60.4 cm³/mol. The van der Waals surface area contributed by atoms with E-state index in [1.807, 2.05) is 0 Å². The van der Waals surface area contributed by atoms with Crippen LogP contribution >= 0.6 is 0 Å². The summed E-state index contributed by atoms with van der Waals surface area (Å²) in [6, 6.07) is 6.09. The molecule has 0 radical (unpaired) electrons. The normalized spacial score (nSPS) is 19.6. The van der Waals surface area contributed by atoms with E-state index >= 15 is 0 Å². The number of nitrogens with zero attached hydrogens (tertiary/aromatic N) is 1. The molecule has 0 saturated carbocycles. The molecule has 1 atom stereocenters. The standard InChI is InChI=1S/C12H15FN2O2/c13-10-3-1-2-9(6-10)7-12(16)15-5-4-11(8-15)17-14/h1-3,6,11H,4-5,7-8,14H2. The Morgan fingerprint density at radius 1 is 1.59 bits per heavy atom. The third-order valence-corrected chi connectivity index (χ3v) is 2.93. The zero-order valence-corrected chi connectivity index (χ0v) is 9.43. The van der Waals surface area contributed by atoms with Crippen molar-refractivity contribution in [1.82, 2.24) is 4.90 Å². The van der Waals surface area contributed by atoms with Gasteiger partial charge in [0.05, 0.1) is 12.5 Å². The van der Waals surface area contributed by atoms with Crippen LogP contribution in [0.25, 0.3) is 0 Å². The van der Waals surface area contributed by atoms with Crippen molar-refractivity contribution in [2.75, 3.05) is 13.1 Å². The Hall–Kier alpha value is -1.46. The van der Waals surface area contributed by atoms with E-state index in [2.05, 4.69) is 0 Å². The van der Waals surface area contributed by atoms with Gasteiger partial charge in [-0.1, -0.05) is 12.1 Å². The number of likely N-dealkylation sites (tertiary alicyclic amines) is 1. The van der Waals surface area contributed by atoms with Crippen molar-refractivity contribution in [2.45, 2.75) is 18.9 Å². The summed E-state index contributed by atoms with van der Waals surface area (Å²) < 4.78 is 13.0. The van der Waals surface area contributed by atoms with Crippen LogP contribution in [0.1, 0.15) is 12.0 Å².